The Morgan fingerprint density at radius 2 is 2.06 bits per heavy atom. The topological polar surface area (TPSA) is 32.3 Å². The van der Waals surface area contributed by atoms with Gasteiger partial charge in [-0.3, -0.25) is 4.79 Å². The normalized spacial score (nSPS) is 34.4. The van der Waals surface area contributed by atoms with Crippen LogP contribution in [0.3, 0.4) is 0 Å². The fraction of sp³-hybridized carbons (Fsp3) is 0.929. The van der Waals surface area contributed by atoms with Gasteiger partial charge in [-0.2, -0.15) is 0 Å². The smallest absolute Gasteiger partial charge is 0.227 e. The van der Waals surface area contributed by atoms with Crippen LogP contribution >= 0.6 is 0 Å². The average Bonchev–Trinajstić information content (AvgIpc) is 2.77. The zero-order chi connectivity index (χ0) is 12.4. The van der Waals surface area contributed by atoms with Crippen LogP contribution in [-0.4, -0.2) is 36.0 Å². The highest BCUT2D eigenvalue weighted by Gasteiger charge is 2.37. The van der Waals surface area contributed by atoms with Crippen molar-refractivity contribution in [1.29, 1.82) is 0 Å². The lowest BCUT2D eigenvalue weighted by atomic mass is 9.90. The molecule has 0 aromatic carbocycles. The molecule has 2 aliphatic rings. The van der Waals surface area contributed by atoms with Crippen molar-refractivity contribution in [3.63, 3.8) is 0 Å². The van der Waals surface area contributed by atoms with Gasteiger partial charge in [-0.25, -0.2) is 0 Å². The molecule has 0 aliphatic carbocycles. The SMILES string of the molecule is CC(C)C1CCCN1C(=O)C1CCCNC1C. The first-order valence-corrected chi connectivity index (χ1v) is 7.15. The van der Waals surface area contributed by atoms with Crippen molar-refractivity contribution in [3.05, 3.63) is 0 Å². The molecular weight excluding hydrogens is 212 g/mol. The number of hydrogen-bond acceptors (Lipinski definition) is 2. The molecule has 0 aromatic heterocycles. The van der Waals surface area contributed by atoms with Gasteiger partial charge < -0.3 is 10.2 Å². The first kappa shape index (κ1) is 12.9. The second-order valence-corrected chi connectivity index (χ2v) is 5.98. The van der Waals surface area contributed by atoms with E-state index in [0.29, 0.717) is 23.9 Å². The van der Waals surface area contributed by atoms with Crippen LogP contribution in [0.15, 0.2) is 0 Å². The maximum Gasteiger partial charge on any atom is 0.227 e. The third kappa shape index (κ3) is 2.65. The molecule has 2 rings (SSSR count). The van der Waals surface area contributed by atoms with Gasteiger partial charge in [-0.1, -0.05) is 13.8 Å². The molecule has 0 spiro atoms. The first-order valence-electron chi connectivity index (χ1n) is 7.15. The van der Waals surface area contributed by atoms with Crippen LogP contribution in [-0.2, 0) is 4.79 Å². The molecule has 1 amide bonds. The number of carbonyl (C=O) groups is 1. The van der Waals surface area contributed by atoms with E-state index < -0.39 is 0 Å². The van der Waals surface area contributed by atoms with Crippen LogP contribution in [0.2, 0.25) is 0 Å². The summed E-state index contributed by atoms with van der Waals surface area (Å²) in [6.45, 7) is 8.67. The number of hydrogen-bond donors (Lipinski definition) is 1. The van der Waals surface area contributed by atoms with E-state index in [0.717, 1.165) is 25.9 Å². The maximum absolute atomic E-state index is 12.6. The van der Waals surface area contributed by atoms with Crippen molar-refractivity contribution in [2.45, 2.75) is 58.5 Å². The summed E-state index contributed by atoms with van der Waals surface area (Å²) in [5.41, 5.74) is 0. The molecule has 3 heteroatoms. The summed E-state index contributed by atoms with van der Waals surface area (Å²) in [4.78, 5) is 14.8. The summed E-state index contributed by atoms with van der Waals surface area (Å²) in [5.74, 6) is 1.21. The summed E-state index contributed by atoms with van der Waals surface area (Å²) >= 11 is 0. The minimum absolute atomic E-state index is 0.211. The number of rotatable bonds is 2. The van der Waals surface area contributed by atoms with Gasteiger partial charge in [0.1, 0.15) is 0 Å². The van der Waals surface area contributed by atoms with E-state index >= 15 is 0 Å². The van der Waals surface area contributed by atoms with Crippen molar-refractivity contribution in [1.82, 2.24) is 10.2 Å². The summed E-state index contributed by atoms with van der Waals surface area (Å²) < 4.78 is 0. The number of carbonyl (C=O) groups excluding carboxylic acids is 1. The number of nitrogens with zero attached hydrogens (tertiary/aromatic N) is 1. The standard InChI is InChI=1S/C14H26N2O/c1-10(2)13-7-5-9-16(13)14(17)12-6-4-8-15-11(12)3/h10-13,15H,4-9H2,1-3H3. The second-order valence-electron chi connectivity index (χ2n) is 5.98. The van der Waals surface area contributed by atoms with E-state index in [1.165, 1.54) is 12.8 Å². The van der Waals surface area contributed by atoms with E-state index in [-0.39, 0.29) is 5.92 Å². The zero-order valence-electron chi connectivity index (χ0n) is 11.4. The fourth-order valence-corrected chi connectivity index (χ4v) is 3.35. The minimum atomic E-state index is 0.211. The Bertz CT molecular complexity index is 277. The van der Waals surface area contributed by atoms with Gasteiger partial charge in [0.15, 0.2) is 0 Å². The van der Waals surface area contributed by atoms with E-state index in [2.05, 4.69) is 31.0 Å². The molecule has 0 aromatic rings. The molecule has 3 unspecified atom stereocenters. The summed E-state index contributed by atoms with van der Waals surface area (Å²) in [7, 11) is 0. The summed E-state index contributed by atoms with van der Waals surface area (Å²) in [5, 5.41) is 3.43. The lowest BCUT2D eigenvalue weighted by Crippen LogP contribution is -2.50. The monoisotopic (exact) mass is 238 g/mol. The van der Waals surface area contributed by atoms with Crippen LogP contribution < -0.4 is 5.32 Å². The van der Waals surface area contributed by atoms with Crippen molar-refractivity contribution in [3.8, 4) is 0 Å². The molecule has 0 saturated carbocycles. The van der Waals surface area contributed by atoms with Gasteiger partial charge in [0.2, 0.25) is 5.91 Å². The number of piperidine rings is 1. The summed E-state index contributed by atoms with van der Waals surface area (Å²) in [6.07, 6.45) is 4.58. The van der Waals surface area contributed by atoms with E-state index in [1.807, 2.05) is 0 Å². The Kier molecular flexibility index (Phi) is 4.08. The molecular formula is C14H26N2O. The van der Waals surface area contributed by atoms with Crippen LogP contribution in [0.1, 0.15) is 46.5 Å². The lowest BCUT2D eigenvalue weighted by molar-refractivity contribution is -0.138. The Labute approximate surface area is 105 Å². The summed E-state index contributed by atoms with van der Waals surface area (Å²) in [6, 6.07) is 0.835. The van der Waals surface area contributed by atoms with Gasteiger partial charge in [0, 0.05) is 18.6 Å². The largest absolute Gasteiger partial charge is 0.339 e. The quantitative estimate of drug-likeness (QED) is 0.798. The van der Waals surface area contributed by atoms with Crippen molar-refractivity contribution in [2.24, 2.45) is 11.8 Å². The molecule has 98 valence electrons. The molecule has 3 nitrogen and oxygen atoms in total. The van der Waals surface area contributed by atoms with Crippen LogP contribution in [0.5, 0.6) is 0 Å². The van der Waals surface area contributed by atoms with E-state index in [1.54, 1.807) is 0 Å². The fourth-order valence-electron chi connectivity index (χ4n) is 3.35. The van der Waals surface area contributed by atoms with Crippen molar-refractivity contribution in [2.75, 3.05) is 13.1 Å². The van der Waals surface area contributed by atoms with Gasteiger partial charge in [0.05, 0.1) is 5.92 Å². The van der Waals surface area contributed by atoms with Crippen LogP contribution in [0.4, 0.5) is 0 Å². The Balaban J connectivity index is 2.03. The van der Waals surface area contributed by atoms with Gasteiger partial charge in [-0.15, -0.1) is 0 Å². The minimum Gasteiger partial charge on any atom is -0.339 e. The maximum atomic E-state index is 12.6. The lowest BCUT2D eigenvalue weighted by Gasteiger charge is -2.35. The predicted molar refractivity (Wildman–Crippen MR) is 69.8 cm³/mol. The Morgan fingerprint density at radius 1 is 1.29 bits per heavy atom. The molecule has 3 atom stereocenters. The molecule has 1 N–H and O–H groups in total. The van der Waals surface area contributed by atoms with Crippen LogP contribution in [0, 0.1) is 11.8 Å². The molecule has 2 saturated heterocycles. The molecule has 17 heavy (non-hydrogen) atoms. The molecule has 2 fully saturated rings. The van der Waals surface area contributed by atoms with Gasteiger partial charge >= 0.3 is 0 Å². The van der Waals surface area contributed by atoms with Gasteiger partial charge in [-0.05, 0) is 45.1 Å². The van der Waals surface area contributed by atoms with Gasteiger partial charge in [0.25, 0.3) is 0 Å². The highest BCUT2D eigenvalue weighted by molar-refractivity contribution is 5.80. The average molecular weight is 238 g/mol. The molecule has 2 heterocycles. The number of likely N-dealkylation sites (tertiary alicyclic amines) is 1. The highest BCUT2D eigenvalue weighted by atomic mass is 16.2. The van der Waals surface area contributed by atoms with Crippen molar-refractivity contribution < 1.29 is 4.79 Å². The Morgan fingerprint density at radius 3 is 2.71 bits per heavy atom. The highest BCUT2D eigenvalue weighted by Crippen LogP contribution is 2.28. The predicted octanol–water partition coefficient (Wildman–Crippen LogP) is 2.02. The first-order chi connectivity index (χ1) is 8.11. The van der Waals surface area contributed by atoms with Crippen molar-refractivity contribution >= 4 is 5.91 Å². The molecule has 0 bridgehead atoms. The van der Waals surface area contributed by atoms with E-state index in [9.17, 15) is 4.79 Å². The third-order valence-electron chi connectivity index (χ3n) is 4.43. The second kappa shape index (κ2) is 5.38. The number of nitrogens with one attached hydrogen (secondary N) is 1. The molecule has 2 aliphatic heterocycles. The van der Waals surface area contributed by atoms with E-state index in [4.69, 9.17) is 0 Å². The van der Waals surface area contributed by atoms with Crippen LogP contribution in [0.25, 0.3) is 0 Å². The molecule has 0 radical (unpaired) electrons. The zero-order valence-corrected chi connectivity index (χ0v) is 11.4. The Hall–Kier alpha value is -0.570. The number of amides is 1. The third-order valence-corrected chi connectivity index (χ3v) is 4.43.